The minimum absolute atomic E-state index is 0.110. The summed E-state index contributed by atoms with van der Waals surface area (Å²) in [6.45, 7) is 3.31. The number of hydrogen-bond donors (Lipinski definition) is 1. The molecule has 1 aliphatic heterocycles. The third-order valence-electron chi connectivity index (χ3n) is 4.27. The number of nitrogens with zero attached hydrogens (tertiary/aromatic N) is 2. The number of para-hydroxylation sites is 2. The number of rotatable bonds is 5. The molecule has 0 radical (unpaired) electrons. The number of ether oxygens (including phenoxy) is 1. The molecule has 0 spiro atoms. The molecular formula is C19H19N3O2S. The van der Waals surface area contributed by atoms with Crippen molar-refractivity contribution < 1.29 is 9.53 Å². The second-order valence-electron chi connectivity index (χ2n) is 5.92. The maximum Gasteiger partial charge on any atom is 0.173 e. The minimum atomic E-state index is 0.110. The fourth-order valence-corrected chi connectivity index (χ4v) is 3.67. The van der Waals surface area contributed by atoms with Gasteiger partial charge in [0.25, 0.3) is 0 Å². The zero-order valence-corrected chi connectivity index (χ0v) is 14.6. The van der Waals surface area contributed by atoms with E-state index in [1.54, 1.807) is 0 Å². The van der Waals surface area contributed by atoms with Crippen LogP contribution in [0.4, 0.5) is 5.69 Å². The SMILES string of the molecule is O=C(CSc1nc2ccccc2[nH]1)c1ccc(N2CCOCC2)cc1. The van der Waals surface area contributed by atoms with E-state index in [1.807, 2.05) is 48.5 Å². The first-order valence-corrected chi connectivity index (χ1v) is 9.32. The van der Waals surface area contributed by atoms with Crippen LogP contribution in [0.2, 0.25) is 0 Å². The number of thioether (sulfide) groups is 1. The van der Waals surface area contributed by atoms with Gasteiger partial charge in [0.1, 0.15) is 0 Å². The third kappa shape index (κ3) is 3.70. The number of benzene rings is 2. The van der Waals surface area contributed by atoms with Gasteiger partial charge in [0.05, 0.1) is 30.0 Å². The number of imidazole rings is 1. The molecule has 25 heavy (non-hydrogen) atoms. The molecule has 3 aromatic rings. The van der Waals surface area contributed by atoms with Crippen LogP contribution in [-0.2, 0) is 4.74 Å². The molecule has 1 saturated heterocycles. The quantitative estimate of drug-likeness (QED) is 0.563. The first-order chi connectivity index (χ1) is 12.3. The van der Waals surface area contributed by atoms with Crippen LogP contribution in [0.3, 0.4) is 0 Å². The van der Waals surface area contributed by atoms with Gasteiger partial charge in [0, 0.05) is 24.3 Å². The molecule has 128 valence electrons. The molecule has 2 aromatic carbocycles. The van der Waals surface area contributed by atoms with Crippen molar-refractivity contribution in [2.45, 2.75) is 5.16 Å². The Morgan fingerprint density at radius 3 is 2.64 bits per heavy atom. The molecule has 4 rings (SSSR count). The number of Topliss-reactive ketones (excluding diaryl/α,β-unsaturated/α-hetero) is 1. The monoisotopic (exact) mass is 353 g/mol. The number of aromatic amines is 1. The molecule has 1 aliphatic rings. The number of carbonyl (C=O) groups is 1. The van der Waals surface area contributed by atoms with E-state index in [-0.39, 0.29) is 5.78 Å². The summed E-state index contributed by atoms with van der Waals surface area (Å²) in [4.78, 5) is 22.4. The highest BCUT2D eigenvalue weighted by Gasteiger charge is 2.13. The van der Waals surface area contributed by atoms with Gasteiger partial charge >= 0.3 is 0 Å². The largest absolute Gasteiger partial charge is 0.378 e. The van der Waals surface area contributed by atoms with Crippen LogP contribution < -0.4 is 4.90 Å². The van der Waals surface area contributed by atoms with Gasteiger partial charge in [0.15, 0.2) is 10.9 Å². The summed E-state index contributed by atoms with van der Waals surface area (Å²) in [6.07, 6.45) is 0. The van der Waals surface area contributed by atoms with Crippen LogP contribution in [0.1, 0.15) is 10.4 Å². The van der Waals surface area contributed by atoms with Gasteiger partial charge in [-0.05, 0) is 36.4 Å². The molecule has 0 saturated carbocycles. The highest BCUT2D eigenvalue weighted by Crippen LogP contribution is 2.21. The van der Waals surface area contributed by atoms with Crippen molar-refractivity contribution in [3.05, 3.63) is 54.1 Å². The van der Waals surface area contributed by atoms with Crippen molar-refractivity contribution in [1.29, 1.82) is 0 Å². The lowest BCUT2D eigenvalue weighted by molar-refractivity contribution is 0.102. The highest BCUT2D eigenvalue weighted by molar-refractivity contribution is 7.99. The molecule has 2 heterocycles. The number of carbonyl (C=O) groups excluding carboxylic acids is 1. The predicted octanol–water partition coefficient (Wildman–Crippen LogP) is 3.37. The molecule has 5 nitrogen and oxygen atoms in total. The normalized spacial score (nSPS) is 14.8. The van der Waals surface area contributed by atoms with Crippen LogP contribution in [0.25, 0.3) is 11.0 Å². The number of ketones is 1. The Bertz CT molecular complexity index is 837. The fourth-order valence-electron chi connectivity index (χ4n) is 2.89. The van der Waals surface area contributed by atoms with Crippen LogP contribution in [0.5, 0.6) is 0 Å². The lowest BCUT2D eigenvalue weighted by atomic mass is 10.1. The number of nitrogens with one attached hydrogen (secondary N) is 1. The lowest BCUT2D eigenvalue weighted by Crippen LogP contribution is -2.36. The van der Waals surface area contributed by atoms with Crippen LogP contribution in [-0.4, -0.2) is 47.8 Å². The molecule has 1 aromatic heterocycles. The molecule has 6 heteroatoms. The number of hydrogen-bond acceptors (Lipinski definition) is 5. The molecular weight excluding hydrogens is 334 g/mol. The van der Waals surface area contributed by atoms with E-state index >= 15 is 0 Å². The van der Waals surface area contributed by atoms with Gasteiger partial charge in [-0.25, -0.2) is 4.98 Å². The summed E-state index contributed by atoms with van der Waals surface area (Å²) < 4.78 is 5.37. The third-order valence-corrected chi connectivity index (χ3v) is 5.15. The molecule has 0 atom stereocenters. The Balaban J connectivity index is 1.38. The summed E-state index contributed by atoms with van der Waals surface area (Å²) in [5.74, 6) is 0.482. The van der Waals surface area contributed by atoms with Crippen molar-refractivity contribution in [3.63, 3.8) is 0 Å². The maximum absolute atomic E-state index is 12.4. The second kappa shape index (κ2) is 7.29. The van der Waals surface area contributed by atoms with E-state index < -0.39 is 0 Å². The van der Waals surface area contributed by atoms with Gasteiger partial charge < -0.3 is 14.6 Å². The minimum Gasteiger partial charge on any atom is -0.378 e. The Hall–Kier alpha value is -2.31. The fraction of sp³-hybridized carbons (Fsp3) is 0.263. The second-order valence-corrected chi connectivity index (χ2v) is 6.88. The standard InChI is InChI=1S/C19H19N3O2S/c23-18(13-25-19-20-16-3-1-2-4-17(16)21-19)14-5-7-15(8-6-14)22-9-11-24-12-10-22/h1-8H,9-13H2,(H,20,21). The molecule has 0 unspecified atom stereocenters. The van der Waals surface area contributed by atoms with Crippen molar-refractivity contribution in [2.24, 2.45) is 0 Å². The summed E-state index contributed by atoms with van der Waals surface area (Å²) in [5, 5.41) is 0.777. The number of morpholine rings is 1. The zero-order valence-electron chi connectivity index (χ0n) is 13.8. The van der Waals surface area contributed by atoms with Crippen LogP contribution in [0, 0.1) is 0 Å². The predicted molar refractivity (Wildman–Crippen MR) is 101 cm³/mol. The summed E-state index contributed by atoms with van der Waals surface area (Å²) in [5.41, 5.74) is 3.80. The van der Waals surface area contributed by atoms with E-state index in [2.05, 4.69) is 14.9 Å². The van der Waals surface area contributed by atoms with Gasteiger partial charge in [-0.15, -0.1) is 0 Å². The summed E-state index contributed by atoms with van der Waals surface area (Å²) >= 11 is 1.44. The molecule has 0 bridgehead atoms. The summed E-state index contributed by atoms with van der Waals surface area (Å²) in [7, 11) is 0. The Morgan fingerprint density at radius 1 is 1.12 bits per heavy atom. The average molecular weight is 353 g/mol. The van der Waals surface area contributed by atoms with Crippen molar-refractivity contribution in [3.8, 4) is 0 Å². The summed E-state index contributed by atoms with van der Waals surface area (Å²) in [6, 6.07) is 15.7. The van der Waals surface area contributed by atoms with Gasteiger partial charge in [-0.3, -0.25) is 4.79 Å². The first-order valence-electron chi connectivity index (χ1n) is 8.33. The topological polar surface area (TPSA) is 58.2 Å². The van der Waals surface area contributed by atoms with E-state index in [9.17, 15) is 4.79 Å². The van der Waals surface area contributed by atoms with Gasteiger partial charge in [-0.2, -0.15) is 0 Å². The molecule has 0 aliphatic carbocycles. The van der Waals surface area contributed by atoms with Crippen molar-refractivity contribution in [2.75, 3.05) is 37.0 Å². The number of anilines is 1. The van der Waals surface area contributed by atoms with Crippen molar-refractivity contribution in [1.82, 2.24) is 9.97 Å². The van der Waals surface area contributed by atoms with Crippen molar-refractivity contribution >= 4 is 34.3 Å². The number of aromatic nitrogens is 2. The number of fused-ring (bicyclic) bond motifs is 1. The average Bonchev–Trinajstić information content (AvgIpc) is 3.10. The highest BCUT2D eigenvalue weighted by atomic mass is 32.2. The van der Waals surface area contributed by atoms with E-state index in [1.165, 1.54) is 11.8 Å². The Kier molecular flexibility index (Phi) is 4.72. The Labute approximate surface area is 150 Å². The molecule has 0 amide bonds. The van der Waals surface area contributed by atoms with Gasteiger partial charge in [-0.1, -0.05) is 23.9 Å². The van der Waals surface area contributed by atoms with Gasteiger partial charge in [0.2, 0.25) is 0 Å². The first kappa shape index (κ1) is 16.2. The lowest BCUT2D eigenvalue weighted by Gasteiger charge is -2.28. The molecule has 1 N–H and O–H groups in total. The van der Waals surface area contributed by atoms with Crippen LogP contribution in [0.15, 0.2) is 53.7 Å². The van der Waals surface area contributed by atoms with E-state index in [0.29, 0.717) is 5.75 Å². The Morgan fingerprint density at radius 2 is 1.88 bits per heavy atom. The maximum atomic E-state index is 12.4. The molecule has 1 fully saturated rings. The number of H-pyrrole nitrogens is 1. The smallest absolute Gasteiger partial charge is 0.173 e. The zero-order chi connectivity index (χ0) is 17.1. The van der Waals surface area contributed by atoms with Crippen LogP contribution >= 0.6 is 11.8 Å². The van der Waals surface area contributed by atoms with E-state index in [0.717, 1.165) is 53.7 Å². The van der Waals surface area contributed by atoms with E-state index in [4.69, 9.17) is 4.74 Å².